The number of fused-ring (bicyclic) bond motifs is 2. The van der Waals surface area contributed by atoms with E-state index < -0.39 is 11.7 Å². The number of rotatable bonds is 3. The summed E-state index contributed by atoms with van der Waals surface area (Å²) in [5, 5.41) is 11.6. The zero-order valence-electron chi connectivity index (χ0n) is 12.1. The molecule has 1 aromatic heterocycles. The minimum Gasteiger partial charge on any atom is -0.375 e. The van der Waals surface area contributed by atoms with Crippen LogP contribution in [0.1, 0.15) is 17.8 Å². The van der Waals surface area contributed by atoms with E-state index in [1.165, 1.54) is 16.8 Å². The average molecular weight is 325 g/mol. The molecule has 2 saturated heterocycles. The van der Waals surface area contributed by atoms with Gasteiger partial charge in [-0.05, 0) is 41.1 Å². The first-order valence-electron chi connectivity index (χ1n) is 7.31. The maximum atomic E-state index is 12.6. The fourth-order valence-corrected chi connectivity index (χ4v) is 3.15. The average Bonchev–Trinajstić information content (AvgIpc) is 3.23. The quantitative estimate of drug-likeness (QED) is 0.859. The summed E-state index contributed by atoms with van der Waals surface area (Å²) in [7, 11) is 0. The Morgan fingerprint density at radius 3 is 2.61 bits per heavy atom. The smallest absolute Gasteiger partial charge is 0.375 e. The molecule has 2 aromatic rings. The number of hydrogen-bond donors (Lipinski definition) is 0. The Bertz CT molecular complexity index is 699. The van der Waals surface area contributed by atoms with Crippen LogP contribution in [0.15, 0.2) is 24.3 Å². The number of ether oxygens (including phenoxy) is 1. The number of hydrogen-bond acceptors (Lipinski definition) is 5. The highest BCUT2D eigenvalue weighted by atomic mass is 19.4. The van der Waals surface area contributed by atoms with Gasteiger partial charge in [-0.2, -0.15) is 17.9 Å². The van der Waals surface area contributed by atoms with E-state index in [4.69, 9.17) is 4.74 Å². The Balaban J connectivity index is 1.55. The first-order chi connectivity index (χ1) is 11.0. The third kappa shape index (κ3) is 2.70. The van der Waals surface area contributed by atoms with Gasteiger partial charge >= 0.3 is 6.18 Å². The Kier molecular flexibility index (Phi) is 3.34. The first kappa shape index (κ1) is 14.6. The molecule has 122 valence electrons. The van der Waals surface area contributed by atoms with Gasteiger partial charge in [-0.3, -0.25) is 4.90 Å². The summed E-state index contributed by atoms with van der Waals surface area (Å²) < 4.78 is 44.9. The van der Waals surface area contributed by atoms with E-state index in [1.807, 2.05) is 0 Å². The van der Waals surface area contributed by atoms with Gasteiger partial charge in [0, 0.05) is 12.6 Å². The van der Waals surface area contributed by atoms with Gasteiger partial charge in [-0.1, -0.05) is 0 Å². The van der Waals surface area contributed by atoms with Gasteiger partial charge < -0.3 is 4.74 Å². The molecule has 6 nitrogen and oxygen atoms in total. The molecule has 2 aliphatic heterocycles. The maximum absolute atomic E-state index is 12.6. The number of aromatic nitrogens is 4. The van der Waals surface area contributed by atoms with Gasteiger partial charge in [-0.15, -0.1) is 5.10 Å². The lowest BCUT2D eigenvalue weighted by Gasteiger charge is -2.25. The molecule has 2 fully saturated rings. The van der Waals surface area contributed by atoms with Crippen molar-refractivity contribution in [1.29, 1.82) is 0 Å². The van der Waals surface area contributed by atoms with Crippen LogP contribution >= 0.6 is 0 Å². The molecule has 0 spiro atoms. The van der Waals surface area contributed by atoms with Crippen molar-refractivity contribution in [1.82, 2.24) is 25.1 Å². The standard InChI is InChI=1S/C14H14F3N5O/c15-14(16,17)9-1-3-10(4-2-9)22-13(18-19-20-22)7-21-6-12-5-11(21)8-23-12/h1-4,11-12H,5-8H2. The van der Waals surface area contributed by atoms with Gasteiger partial charge in [0.05, 0.1) is 30.5 Å². The molecule has 2 atom stereocenters. The number of benzene rings is 1. The zero-order chi connectivity index (χ0) is 16.0. The van der Waals surface area contributed by atoms with Crippen molar-refractivity contribution in [2.75, 3.05) is 13.2 Å². The normalized spacial score (nSPS) is 24.5. The molecule has 0 aliphatic carbocycles. The maximum Gasteiger partial charge on any atom is 0.416 e. The van der Waals surface area contributed by atoms with Crippen molar-refractivity contribution in [3.63, 3.8) is 0 Å². The van der Waals surface area contributed by atoms with Crippen LogP contribution in [-0.4, -0.2) is 50.4 Å². The molecule has 2 bridgehead atoms. The summed E-state index contributed by atoms with van der Waals surface area (Å²) in [4.78, 5) is 2.25. The fourth-order valence-electron chi connectivity index (χ4n) is 3.15. The van der Waals surface area contributed by atoms with Crippen molar-refractivity contribution in [3.8, 4) is 5.69 Å². The van der Waals surface area contributed by atoms with Crippen molar-refractivity contribution >= 4 is 0 Å². The van der Waals surface area contributed by atoms with Crippen LogP contribution in [0.5, 0.6) is 0 Å². The summed E-state index contributed by atoms with van der Waals surface area (Å²) in [5.74, 6) is 0.609. The van der Waals surface area contributed by atoms with E-state index in [1.54, 1.807) is 0 Å². The van der Waals surface area contributed by atoms with Crippen LogP contribution in [0.2, 0.25) is 0 Å². The number of tetrazole rings is 1. The van der Waals surface area contributed by atoms with Crippen molar-refractivity contribution in [2.45, 2.75) is 31.3 Å². The van der Waals surface area contributed by atoms with Crippen LogP contribution in [0, 0.1) is 0 Å². The largest absolute Gasteiger partial charge is 0.416 e. The van der Waals surface area contributed by atoms with Gasteiger partial charge in [0.15, 0.2) is 5.82 Å². The molecule has 0 saturated carbocycles. The molecule has 3 heterocycles. The van der Waals surface area contributed by atoms with E-state index >= 15 is 0 Å². The first-order valence-corrected chi connectivity index (χ1v) is 7.31. The number of nitrogens with zero attached hydrogens (tertiary/aromatic N) is 5. The fraction of sp³-hybridized carbons (Fsp3) is 0.500. The molecular weight excluding hydrogens is 311 g/mol. The zero-order valence-corrected chi connectivity index (χ0v) is 12.1. The number of morpholine rings is 1. The lowest BCUT2D eigenvalue weighted by molar-refractivity contribution is -0.137. The van der Waals surface area contributed by atoms with Gasteiger partial charge in [0.25, 0.3) is 0 Å². The number of alkyl halides is 3. The highest BCUT2D eigenvalue weighted by Gasteiger charge is 2.39. The van der Waals surface area contributed by atoms with Crippen LogP contribution in [0.4, 0.5) is 13.2 Å². The van der Waals surface area contributed by atoms with Crippen LogP contribution < -0.4 is 0 Å². The van der Waals surface area contributed by atoms with Crippen molar-refractivity contribution in [3.05, 3.63) is 35.7 Å². The highest BCUT2D eigenvalue weighted by molar-refractivity contribution is 5.35. The predicted molar refractivity (Wildman–Crippen MR) is 72.7 cm³/mol. The molecule has 1 aromatic carbocycles. The SMILES string of the molecule is FC(F)(F)c1ccc(-n2nnnc2CN2CC3CC2CO3)cc1. The molecular formula is C14H14F3N5O. The molecule has 4 rings (SSSR count). The van der Waals surface area contributed by atoms with Gasteiger partial charge in [0.2, 0.25) is 0 Å². The molecule has 0 N–H and O–H groups in total. The Labute approximate surface area is 129 Å². The summed E-state index contributed by atoms with van der Waals surface area (Å²) in [5.41, 5.74) is -0.177. The summed E-state index contributed by atoms with van der Waals surface area (Å²) in [6, 6.07) is 5.20. The molecule has 2 unspecified atom stereocenters. The number of halogens is 3. The molecule has 0 radical (unpaired) electrons. The van der Waals surface area contributed by atoms with E-state index in [2.05, 4.69) is 20.4 Å². The lowest BCUT2D eigenvalue weighted by Crippen LogP contribution is -2.37. The third-order valence-electron chi connectivity index (χ3n) is 4.33. The predicted octanol–water partition coefficient (Wildman–Crippen LogP) is 1.65. The summed E-state index contributed by atoms with van der Waals surface area (Å²) >= 11 is 0. The molecule has 23 heavy (non-hydrogen) atoms. The van der Waals surface area contributed by atoms with E-state index in [0.29, 0.717) is 30.7 Å². The van der Waals surface area contributed by atoms with E-state index in [-0.39, 0.29) is 6.10 Å². The lowest BCUT2D eigenvalue weighted by atomic mass is 10.2. The van der Waals surface area contributed by atoms with Crippen LogP contribution in [-0.2, 0) is 17.5 Å². The van der Waals surface area contributed by atoms with Gasteiger partial charge in [0.1, 0.15) is 0 Å². The highest BCUT2D eigenvalue weighted by Crippen LogP contribution is 2.30. The minimum absolute atomic E-state index is 0.274. The summed E-state index contributed by atoms with van der Waals surface area (Å²) in [6.45, 7) is 2.11. The van der Waals surface area contributed by atoms with Crippen molar-refractivity contribution in [2.24, 2.45) is 0 Å². The van der Waals surface area contributed by atoms with Crippen LogP contribution in [0.3, 0.4) is 0 Å². The molecule has 9 heteroatoms. The second kappa shape index (κ2) is 5.27. The monoisotopic (exact) mass is 325 g/mol. The third-order valence-corrected chi connectivity index (χ3v) is 4.33. The Hall–Kier alpha value is -2.00. The second-order valence-corrected chi connectivity index (χ2v) is 5.83. The van der Waals surface area contributed by atoms with Crippen molar-refractivity contribution < 1.29 is 17.9 Å². The molecule has 2 aliphatic rings. The second-order valence-electron chi connectivity index (χ2n) is 5.83. The Morgan fingerprint density at radius 1 is 1.22 bits per heavy atom. The minimum atomic E-state index is -4.35. The Morgan fingerprint density at radius 2 is 2.00 bits per heavy atom. The number of likely N-dealkylation sites (tertiary alicyclic amines) is 1. The van der Waals surface area contributed by atoms with Crippen LogP contribution in [0.25, 0.3) is 5.69 Å². The van der Waals surface area contributed by atoms with E-state index in [0.717, 1.165) is 25.1 Å². The summed E-state index contributed by atoms with van der Waals surface area (Å²) in [6.07, 6.45) is -3.06. The van der Waals surface area contributed by atoms with Gasteiger partial charge in [-0.25, -0.2) is 0 Å². The molecule has 0 amide bonds. The van der Waals surface area contributed by atoms with E-state index in [9.17, 15) is 13.2 Å². The topological polar surface area (TPSA) is 56.1 Å².